The van der Waals surface area contributed by atoms with E-state index in [2.05, 4.69) is 60.5 Å². The number of rotatable bonds is 3. The zero-order valence-electron chi connectivity index (χ0n) is 10.6. The molecular weight excluding hydrogens is 323 g/mol. The van der Waals surface area contributed by atoms with Gasteiger partial charge in [0.25, 0.3) is 0 Å². The van der Waals surface area contributed by atoms with Crippen molar-refractivity contribution >= 4 is 33.5 Å². The van der Waals surface area contributed by atoms with E-state index in [0.717, 1.165) is 6.42 Å². The van der Waals surface area contributed by atoms with Crippen molar-refractivity contribution in [3.8, 4) is 0 Å². The van der Waals surface area contributed by atoms with Crippen LogP contribution in [0.25, 0.3) is 10.9 Å². The average Bonchev–Trinajstić information content (AvgIpc) is 2.55. The first kappa shape index (κ1) is 12.9. The summed E-state index contributed by atoms with van der Waals surface area (Å²) in [5, 5.41) is 1.35. The third-order valence-electron chi connectivity index (χ3n) is 3.24. The van der Waals surface area contributed by atoms with Gasteiger partial charge in [-0.3, -0.25) is 0 Å². The molecule has 0 saturated heterocycles. The number of aromatic amines is 1. The molecule has 92 valence electrons. The Morgan fingerprint density at radius 2 is 2.06 bits per heavy atom. The largest absolute Gasteiger partial charge is 0.358 e. The SMILES string of the molecule is Cc1[nH]c2c(C(C)C)cc(I)cc2c1CCN. The van der Waals surface area contributed by atoms with E-state index in [1.807, 2.05) is 0 Å². The Bertz CT molecular complexity index is 541. The number of nitrogens with two attached hydrogens (primary N) is 1. The molecular formula is C14H19IN2. The molecule has 0 spiro atoms. The van der Waals surface area contributed by atoms with Gasteiger partial charge in [-0.2, -0.15) is 0 Å². The Balaban J connectivity index is 2.74. The predicted octanol–water partition coefficient (Wildman–Crippen LogP) is 3.71. The molecule has 0 radical (unpaired) electrons. The third kappa shape index (κ3) is 2.36. The molecule has 1 heterocycles. The molecule has 2 rings (SSSR count). The van der Waals surface area contributed by atoms with Crippen LogP contribution in [0.5, 0.6) is 0 Å². The molecule has 0 atom stereocenters. The number of hydrogen-bond donors (Lipinski definition) is 2. The molecule has 0 aliphatic carbocycles. The van der Waals surface area contributed by atoms with Gasteiger partial charge in [0.2, 0.25) is 0 Å². The number of fused-ring (bicyclic) bond motifs is 1. The quantitative estimate of drug-likeness (QED) is 0.821. The first-order valence-corrected chi connectivity index (χ1v) is 7.13. The average molecular weight is 342 g/mol. The monoisotopic (exact) mass is 342 g/mol. The topological polar surface area (TPSA) is 41.8 Å². The summed E-state index contributed by atoms with van der Waals surface area (Å²) in [5.41, 5.74) is 11.0. The number of benzene rings is 1. The lowest BCUT2D eigenvalue weighted by atomic mass is 9.99. The summed E-state index contributed by atoms with van der Waals surface area (Å²) >= 11 is 2.40. The van der Waals surface area contributed by atoms with E-state index in [1.54, 1.807) is 0 Å². The van der Waals surface area contributed by atoms with Crippen molar-refractivity contribution < 1.29 is 0 Å². The molecule has 1 aromatic carbocycles. The molecule has 3 N–H and O–H groups in total. The Labute approximate surface area is 116 Å². The van der Waals surface area contributed by atoms with Crippen LogP contribution < -0.4 is 5.73 Å². The number of halogens is 1. The van der Waals surface area contributed by atoms with Crippen LogP contribution >= 0.6 is 22.6 Å². The number of H-pyrrole nitrogens is 1. The fourth-order valence-corrected chi connectivity index (χ4v) is 3.04. The molecule has 2 nitrogen and oxygen atoms in total. The van der Waals surface area contributed by atoms with Crippen LogP contribution in [-0.4, -0.2) is 11.5 Å². The number of hydrogen-bond acceptors (Lipinski definition) is 1. The van der Waals surface area contributed by atoms with Crippen LogP contribution in [0.4, 0.5) is 0 Å². The molecule has 0 unspecified atom stereocenters. The molecule has 17 heavy (non-hydrogen) atoms. The molecule has 0 fully saturated rings. The van der Waals surface area contributed by atoms with Crippen LogP contribution in [0.2, 0.25) is 0 Å². The van der Waals surface area contributed by atoms with Crippen molar-refractivity contribution in [1.82, 2.24) is 4.98 Å². The molecule has 3 heteroatoms. The highest BCUT2D eigenvalue weighted by molar-refractivity contribution is 14.1. The van der Waals surface area contributed by atoms with E-state index in [1.165, 1.54) is 31.3 Å². The van der Waals surface area contributed by atoms with Gasteiger partial charge in [-0.15, -0.1) is 0 Å². The Morgan fingerprint density at radius 1 is 1.35 bits per heavy atom. The predicted molar refractivity (Wildman–Crippen MR) is 82.6 cm³/mol. The minimum atomic E-state index is 0.538. The second-order valence-corrected chi connectivity index (χ2v) is 6.09. The van der Waals surface area contributed by atoms with E-state index >= 15 is 0 Å². The van der Waals surface area contributed by atoms with Crippen molar-refractivity contribution in [3.63, 3.8) is 0 Å². The third-order valence-corrected chi connectivity index (χ3v) is 3.86. The van der Waals surface area contributed by atoms with E-state index < -0.39 is 0 Å². The van der Waals surface area contributed by atoms with Crippen LogP contribution in [0, 0.1) is 10.5 Å². The van der Waals surface area contributed by atoms with Crippen molar-refractivity contribution in [1.29, 1.82) is 0 Å². The molecule has 2 aromatic rings. The number of nitrogens with one attached hydrogen (secondary N) is 1. The Hall–Kier alpha value is -0.550. The summed E-state index contributed by atoms with van der Waals surface area (Å²) in [5.74, 6) is 0.538. The van der Waals surface area contributed by atoms with Crippen LogP contribution in [-0.2, 0) is 6.42 Å². The first-order valence-electron chi connectivity index (χ1n) is 6.05. The highest BCUT2D eigenvalue weighted by atomic mass is 127. The molecule has 0 aliphatic rings. The highest BCUT2D eigenvalue weighted by Crippen LogP contribution is 2.31. The molecule has 0 saturated carbocycles. The summed E-state index contributed by atoms with van der Waals surface area (Å²) in [6, 6.07) is 4.53. The highest BCUT2D eigenvalue weighted by Gasteiger charge is 2.13. The Kier molecular flexibility index (Phi) is 3.78. The molecule has 0 aliphatic heterocycles. The van der Waals surface area contributed by atoms with Crippen LogP contribution in [0.1, 0.15) is 36.6 Å². The van der Waals surface area contributed by atoms with Gasteiger partial charge < -0.3 is 10.7 Å². The van der Waals surface area contributed by atoms with E-state index in [-0.39, 0.29) is 0 Å². The maximum absolute atomic E-state index is 5.70. The van der Waals surface area contributed by atoms with E-state index in [4.69, 9.17) is 5.73 Å². The zero-order valence-corrected chi connectivity index (χ0v) is 12.8. The van der Waals surface area contributed by atoms with Crippen molar-refractivity contribution in [3.05, 3.63) is 32.5 Å². The standard InChI is InChI=1S/C14H19IN2/c1-8(2)12-6-10(15)7-13-11(4-5-16)9(3)17-14(12)13/h6-8,17H,4-5,16H2,1-3H3. The lowest BCUT2D eigenvalue weighted by Crippen LogP contribution is -2.03. The second kappa shape index (κ2) is 4.98. The van der Waals surface area contributed by atoms with Crippen LogP contribution in [0.3, 0.4) is 0 Å². The first-order chi connectivity index (χ1) is 8.04. The zero-order chi connectivity index (χ0) is 12.6. The van der Waals surface area contributed by atoms with Crippen molar-refractivity contribution in [2.45, 2.75) is 33.1 Å². The molecule has 0 bridgehead atoms. The summed E-state index contributed by atoms with van der Waals surface area (Å²) in [6.07, 6.45) is 0.948. The van der Waals surface area contributed by atoms with Crippen LogP contribution in [0.15, 0.2) is 12.1 Å². The van der Waals surface area contributed by atoms with Gasteiger partial charge >= 0.3 is 0 Å². The minimum absolute atomic E-state index is 0.538. The summed E-state index contributed by atoms with van der Waals surface area (Å²) < 4.78 is 1.30. The minimum Gasteiger partial charge on any atom is -0.358 e. The lowest BCUT2D eigenvalue weighted by Gasteiger charge is -2.08. The fourth-order valence-electron chi connectivity index (χ4n) is 2.39. The van der Waals surface area contributed by atoms with Gasteiger partial charge in [-0.1, -0.05) is 13.8 Å². The normalized spacial score (nSPS) is 11.6. The number of aryl methyl sites for hydroxylation is 1. The Morgan fingerprint density at radius 3 is 2.65 bits per heavy atom. The molecule has 1 aromatic heterocycles. The summed E-state index contributed by atoms with van der Waals surface area (Å²) in [6.45, 7) is 7.32. The van der Waals surface area contributed by atoms with Gasteiger partial charge in [0.15, 0.2) is 0 Å². The maximum atomic E-state index is 5.70. The van der Waals surface area contributed by atoms with Gasteiger partial charge in [-0.05, 0) is 71.7 Å². The van der Waals surface area contributed by atoms with Crippen molar-refractivity contribution in [2.75, 3.05) is 6.54 Å². The van der Waals surface area contributed by atoms with Gasteiger partial charge in [0.1, 0.15) is 0 Å². The van der Waals surface area contributed by atoms with Crippen molar-refractivity contribution in [2.24, 2.45) is 5.73 Å². The second-order valence-electron chi connectivity index (χ2n) is 4.84. The lowest BCUT2D eigenvalue weighted by molar-refractivity contribution is 0.872. The number of aromatic nitrogens is 1. The summed E-state index contributed by atoms with van der Waals surface area (Å²) in [4.78, 5) is 3.53. The maximum Gasteiger partial charge on any atom is 0.0494 e. The fraction of sp³-hybridized carbons (Fsp3) is 0.429. The van der Waals surface area contributed by atoms with Gasteiger partial charge in [0, 0.05) is 20.2 Å². The van der Waals surface area contributed by atoms with Gasteiger partial charge in [-0.25, -0.2) is 0 Å². The smallest absolute Gasteiger partial charge is 0.0494 e. The van der Waals surface area contributed by atoms with E-state index in [9.17, 15) is 0 Å². The van der Waals surface area contributed by atoms with Gasteiger partial charge in [0.05, 0.1) is 0 Å². The van der Waals surface area contributed by atoms with E-state index in [0.29, 0.717) is 12.5 Å². The molecule has 0 amide bonds. The summed E-state index contributed by atoms with van der Waals surface area (Å²) in [7, 11) is 0.